The van der Waals surface area contributed by atoms with Gasteiger partial charge in [-0.3, -0.25) is 4.79 Å². The monoisotopic (exact) mass is 472 g/mol. The molecule has 2 aliphatic carbocycles. The first kappa shape index (κ1) is 26.0. The number of urea groups is 1. The Kier molecular flexibility index (Phi) is 8.19. The maximum absolute atomic E-state index is 13.4. The number of carbonyl (C=O) groups is 2. The third kappa shape index (κ3) is 5.52. The van der Waals surface area contributed by atoms with Crippen LogP contribution in [0.1, 0.15) is 52.9 Å². The summed E-state index contributed by atoms with van der Waals surface area (Å²) in [4.78, 5) is 27.1. The van der Waals surface area contributed by atoms with E-state index in [1.165, 1.54) is 12.1 Å². The van der Waals surface area contributed by atoms with Crippen LogP contribution in [0.5, 0.6) is 0 Å². The quantitative estimate of drug-likeness (QED) is 0.578. The van der Waals surface area contributed by atoms with E-state index in [9.17, 15) is 19.1 Å². The number of nitriles is 1. The minimum Gasteiger partial charge on any atom is -0.392 e. The van der Waals surface area contributed by atoms with Crippen molar-refractivity contribution in [3.63, 3.8) is 0 Å². The number of aliphatic hydroxyl groups excluding tert-OH is 1. The van der Waals surface area contributed by atoms with Gasteiger partial charge in [-0.1, -0.05) is 26.8 Å². The minimum absolute atomic E-state index is 0.00781. The largest absolute Gasteiger partial charge is 0.392 e. The fraction of sp³-hybridized carbons (Fsp3) is 0.654. The smallest absolute Gasteiger partial charge is 0.319 e. The van der Waals surface area contributed by atoms with Gasteiger partial charge in [-0.2, -0.15) is 5.26 Å². The third-order valence-electron chi connectivity index (χ3n) is 8.25. The van der Waals surface area contributed by atoms with Crippen LogP contribution in [0.4, 0.5) is 14.9 Å². The maximum atomic E-state index is 13.4. The summed E-state index contributed by atoms with van der Waals surface area (Å²) in [5.41, 5.74) is 0.332. The number of carbonyl (C=O) groups excluding carboxylic acids is 2. The Morgan fingerprint density at radius 3 is 2.74 bits per heavy atom. The molecule has 2 aliphatic rings. The molecule has 0 aliphatic heterocycles. The first-order chi connectivity index (χ1) is 16.1. The lowest BCUT2D eigenvalue weighted by Crippen LogP contribution is -2.59. The van der Waals surface area contributed by atoms with Crippen LogP contribution in [-0.2, 0) is 4.79 Å². The predicted molar refractivity (Wildman–Crippen MR) is 128 cm³/mol. The number of fused-ring (bicyclic) bond motifs is 1. The molecule has 7 nitrogen and oxygen atoms in total. The number of aliphatic hydroxyl groups is 1. The zero-order valence-corrected chi connectivity index (χ0v) is 20.6. The SMILES string of the molecule is CC(C(=O)N(C)CCC#N)C1CCC2(C)CCC(NC(=O)Nc3cccc(F)c3)C(C)C2C1O. The number of nitrogens with one attached hydrogen (secondary N) is 2. The van der Waals surface area contributed by atoms with Crippen molar-refractivity contribution >= 4 is 17.6 Å². The molecule has 0 radical (unpaired) electrons. The number of amides is 3. The van der Waals surface area contributed by atoms with Crippen LogP contribution in [0.2, 0.25) is 0 Å². The van der Waals surface area contributed by atoms with Crippen molar-refractivity contribution in [1.82, 2.24) is 10.2 Å². The van der Waals surface area contributed by atoms with Crippen LogP contribution in [0.3, 0.4) is 0 Å². The lowest BCUT2D eigenvalue weighted by atomic mass is 9.51. The van der Waals surface area contributed by atoms with Crippen molar-refractivity contribution in [3.8, 4) is 6.07 Å². The van der Waals surface area contributed by atoms with Crippen LogP contribution in [0.15, 0.2) is 24.3 Å². The van der Waals surface area contributed by atoms with Crippen molar-refractivity contribution in [2.45, 2.75) is 65.0 Å². The van der Waals surface area contributed by atoms with E-state index in [-0.39, 0.29) is 47.5 Å². The first-order valence-electron chi connectivity index (χ1n) is 12.2. The lowest BCUT2D eigenvalue weighted by Gasteiger charge is -2.56. The molecule has 1 aromatic rings. The number of nitrogens with zero attached hydrogens (tertiary/aromatic N) is 2. The fourth-order valence-electron chi connectivity index (χ4n) is 6.26. The molecule has 0 bridgehead atoms. The van der Waals surface area contributed by atoms with Gasteiger partial charge < -0.3 is 20.6 Å². The maximum Gasteiger partial charge on any atom is 0.319 e. The Balaban J connectivity index is 1.68. The van der Waals surface area contributed by atoms with E-state index in [0.717, 1.165) is 25.7 Å². The highest BCUT2D eigenvalue weighted by molar-refractivity contribution is 5.89. The molecule has 0 saturated heterocycles. The molecule has 3 N–H and O–H groups in total. The molecule has 7 unspecified atom stereocenters. The highest BCUT2D eigenvalue weighted by Gasteiger charge is 2.54. The van der Waals surface area contributed by atoms with E-state index in [0.29, 0.717) is 12.2 Å². The normalized spacial score (nSPS) is 31.5. The van der Waals surface area contributed by atoms with Crippen molar-refractivity contribution in [3.05, 3.63) is 30.1 Å². The number of benzene rings is 1. The second-order valence-corrected chi connectivity index (χ2v) is 10.4. The first-order valence-corrected chi connectivity index (χ1v) is 12.2. The summed E-state index contributed by atoms with van der Waals surface area (Å²) >= 11 is 0. The van der Waals surface area contributed by atoms with Crippen LogP contribution in [0.25, 0.3) is 0 Å². The number of halogens is 1. The molecule has 3 rings (SSSR count). The molecule has 1 aromatic carbocycles. The van der Waals surface area contributed by atoms with Crippen molar-refractivity contribution < 1.29 is 19.1 Å². The summed E-state index contributed by atoms with van der Waals surface area (Å²) in [6.45, 7) is 6.53. The molecular weight excluding hydrogens is 435 g/mol. The van der Waals surface area contributed by atoms with Gasteiger partial charge in [0.05, 0.1) is 18.6 Å². The summed E-state index contributed by atoms with van der Waals surface area (Å²) < 4.78 is 13.4. The Hall–Kier alpha value is -2.66. The number of hydrogen-bond acceptors (Lipinski definition) is 4. The topological polar surface area (TPSA) is 105 Å². The van der Waals surface area contributed by atoms with E-state index < -0.39 is 18.0 Å². The van der Waals surface area contributed by atoms with E-state index >= 15 is 0 Å². The number of rotatable bonds is 6. The van der Waals surface area contributed by atoms with Gasteiger partial charge in [0.1, 0.15) is 5.82 Å². The molecule has 0 spiro atoms. The Labute approximate surface area is 201 Å². The second-order valence-electron chi connectivity index (χ2n) is 10.4. The minimum atomic E-state index is -0.659. The molecule has 34 heavy (non-hydrogen) atoms. The molecule has 7 atom stereocenters. The van der Waals surface area contributed by atoms with E-state index in [1.54, 1.807) is 24.1 Å². The van der Waals surface area contributed by atoms with Gasteiger partial charge in [-0.05, 0) is 67.1 Å². The summed E-state index contributed by atoms with van der Waals surface area (Å²) in [6, 6.07) is 7.30. The molecule has 0 heterocycles. The summed E-state index contributed by atoms with van der Waals surface area (Å²) in [7, 11) is 1.70. The summed E-state index contributed by atoms with van der Waals surface area (Å²) in [5.74, 6) is -1.03. The zero-order chi connectivity index (χ0) is 25.0. The fourth-order valence-corrected chi connectivity index (χ4v) is 6.26. The van der Waals surface area contributed by atoms with Gasteiger partial charge in [0.25, 0.3) is 0 Å². The van der Waals surface area contributed by atoms with Gasteiger partial charge in [-0.15, -0.1) is 0 Å². The van der Waals surface area contributed by atoms with E-state index in [1.807, 2.05) is 6.92 Å². The average molecular weight is 473 g/mol. The Bertz CT molecular complexity index is 935. The molecule has 2 fully saturated rings. The van der Waals surface area contributed by atoms with Crippen LogP contribution >= 0.6 is 0 Å². The summed E-state index contributed by atoms with van der Waals surface area (Å²) in [6.07, 6.45) is 3.00. The van der Waals surface area contributed by atoms with Gasteiger partial charge in [-0.25, -0.2) is 9.18 Å². The molecule has 3 amide bonds. The molecule has 0 aromatic heterocycles. The van der Waals surface area contributed by atoms with Crippen LogP contribution < -0.4 is 10.6 Å². The third-order valence-corrected chi connectivity index (χ3v) is 8.25. The second kappa shape index (κ2) is 10.7. The van der Waals surface area contributed by atoms with Gasteiger partial charge in [0, 0.05) is 31.2 Å². The predicted octanol–water partition coefficient (Wildman–Crippen LogP) is 4.15. The van der Waals surface area contributed by atoms with Gasteiger partial charge in [0.15, 0.2) is 0 Å². The van der Waals surface area contributed by atoms with Crippen LogP contribution in [0, 0.1) is 46.2 Å². The Morgan fingerprint density at radius 2 is 2.06 bits per heavy atom. The van der Waals surface area contributed by atoms with Gasteiger partial charge in [0.2, 0.25) is 5.91 Å². The molecule has 8 heteroatoms. The van der Waals surface area contributed by atoms with E-state index in [4.69, 9.17) is 5.26 Å². The standard InChI is InChI=1S/C26H37FN4O3/c1-16(24(33)31(4)14-6-13-28)20-9-11-26(3)12-10-21(17(2)22(26)23(20)32)30-25(34)29-19-8-5-7-18(27)15-19/h5,7-8,15-17,20-23,32H,6,9-12,14H2,1-4H3,(H2,29,30,34). The van der Waals surface area contributed by atoms with Gasteiger partial charge >= 0.3 is 6.03 Å². The number of anilines is 1. The van der Waals surface area contributed by atoms with Crippen molar-refractivity contribution in [2.75, 3.05) is 18.9 Å². The highest BCUT2D eigenvalue weighted by atomic mass is 19.1. The highest BCUT2D eigenvalue weighted by Crippen LogP contribution is 2.55. The zero-order valence-electron chi connectivity index (χ0n) is 20.6. The van der Waals surface area contributed by atoms with Crippen LogP contribution in [-0.4, -0.2) is 47.7 Å². The van der Waals surface area contributed by atoms with E-state index in [2.05, 4.69) is 30.6 Å². The van der Waals surface area contributed by atoms with Crippen molar-refractivity contribution in [1.29, 1.82) is 5.26 Å². The van der Waals surface area contributed by atoms with Crippen molar-refractivity contribution in [2.24, 2.45) is 29.1 Å². The average Bonchev–Trinajstić information content (AvgIpc) is 2.78. The molecule has 186 valence electrons. The summed E-state index contributed by atoms with van der Waals surface area (Å²) in [5, 5.41) is 26.0. The Morgan fingerprint density at radius 1 is 1.35 bits per heavy atom. The molecule has 2 saturated carbocycles. The molecular formula is C26H37FN4O3. The number of hydrogen-bond donors (Lipinski definition) is 3. The lowest BCUT2D eigenvalue weighted by molar-refractivity contribution is -0.148.